The first-order valence-corrected chi connectivity index (χ1v) is 10.7. The molecule has 0 radical (unpaired) electrons. The fraction of sp³-hybridized carbons (Fsp3) is 0.375. The third-order valence-electron chi connectivity index (χ3n) is 5.96. The van der Waals surface area contributed by atoms with Gasteiger partial charge in [-0.3, -0.25) is 14.2 Å². The van der Waals surface area contributed by atoms with Crippen LogP contribution in [0.15, 0.2) is 59.7 Å². The molecule has 2 heterocycles. The first-order chi connectivity index (χ1) is 14.5. The largest absolute Gasteiger partial charge is 0.330 e. The third kappa shape index (κ3) is 4.44. The maximum atomic E-state index is 12.8. The second-order valence-electron chi connectivity index (χ2n) is 8.40. The van der Waals surface area contributed by atoms with Crippen molar-refractivity contribution in [3.05, 3.63) is 76.3 Å². The molecule has 1 aromatic heterocycles. The molecule has 1 fully saturated rings. The van der Waals surface area contributed by atoms with Crippen LogP contribution in [0.3, 0.4) is 0 Å². The molecule has 1 saturated heterocycles. The molecule has 30 heavy (non-hydrogen) atoms. The van der Waals surface area contributed by atoms with Crippen LogP contribution in [0.25, 0.3) is 10.9 Å². The smallest absolute Gasteiger partial charge is 0.261 e. The molecule has 0 spiro atoms. The molecular weight excluding hydrogens is 376 g/mol. The standard InChI is InChI=1S/C24H28N4O2/c1-18(2)20-9-7-19(8-10-20)15-26-11-13-27(14-12-26)23(29)16-28-17-25-22-6-4-3-5-21(22)24(28)30/h3-10,17-18H,11-16H2,1-2H3/p+1. The Kier molecular flexibility index (Phi) is 5.95. The van der Waals surface area contributed by atoms with Crippen LogP contribution in [0.2, 0.25) is 0 Å². The molecule has 1 N–H and O–H groups in total. The molecule has 6 heteroatoms. The van der Waals surface area contributed by atoms with Crippen molar-refractivity contribution in [2.24, 2.45) is 0 Å². The van der Waals surface area contributed by atoms with Crippen molar-refractivity contribution in [2.45, 2.75) is 32.9 Å². The Labute approximate surface area is 176 Å². The van der Waals surface area contributed by atoms with Gasteiger partial charge in [-0.1, -0.05) is 50.2 Å². The maximum absolute atomic E-state index is 12.8. The highest BCUT2D eigenvalue weighted by atomic mass is 16.2. The lowest BCUT2D eigenvalue weighted by Gasteiger charge is -2.32. The highest BCUT2D eigenvalue weighted by Crippen LogP contribution is 2.14. The van der Waals surface area contributed by atoms with Crippen LogP contribution in [-0.2, 0) is 17.9 Å². The summed E-state index contributed by atoms with van der Waals surface area (Å²) in [5, 5.41) is 0.547. The maximum Gasteiger partial charge on any atom is 0.261 e. The number of carbonyl (C=O) groups excluding carboxylic acids is 1. The Morgan fingerprint density at radius 3 is 2.47 bits per heavy atom. The Morgan fingerprint density at radius 1 is 1.07 bits per heavy atom. The van der Waals surface area contributed by atoms with Gasteiger partial charge < -0.3 is 9.80 Å². The Balaban J connectivity index is 1.33. The number of rotatable bonds is 5. The zero-order chi connectivity index (χ0) is 21.1. The summed E-state index contributed by atoms with van der Waals surface area (Å²) in [5.74, 6) is 0.529. The number of hydrogen-bond acceptors (Lipinski definition) is 3. The topological polar surface area (TPSA) is 59.6 Å². The van der Waals surface area contributed by atoms with Crippen molar-refractivity contribution in [1.82, 2.24) is 14.5 Å². The second kappa shape index (κ2) is 8.79. The molecule has 0 aliphatic carbocycles. The second-order valence-corrected chi connectivity index (χ2v) is 8.40. The average Bonchev–Trinajstić information content (AvgIpc) is 2.77. The fourth-order valence-corrected chi connectivity index (χ4v) is 4.02. The van der Waals surface area contributed by atoms with Gasteiger partial charge in [0, 0.05) is 5.56 Å². The first kappa shape index (κ1) is 20.3. The summed E-state index contributed by atoms with van der Waals surface area (Å²) in [6, 6.07) is 16.1. The highest BCUT2D eigenvalue weighted by Gasteiger charge is 2.24. The van der Waals surface area contributed by atoms with E-state index in [4.69, 9.17) is 0 Å². The van der Waals surface area contributed by atoms with E-state index >= 15 is 0 Å². The lowest BCUT2D eigenvalue weighted by Crippen LogP contribution is -3.13. The summed E-state index contributed by atoms with van der Waals surface area (Å²) in [7, 11) is 0. The Bertz CT molecular complexity index is 1080. The van der Waals surface area contributed by atoms with Crippen molar-refractivity contribution in [1.29, 1.82) is 0 Å². The van der Waals surface area contributed by atoms with Crippen molar-refractivity contribution >= 4 is 16.8 Å². The van der Waals surface area contributed by atoms with Crippen molar-refractivity contribution in [2.75, 3.05) is 26.2 Å². The average molecular weight is 406 g/mol. The van der Waals surface area contributed by atoms with E-state index in [0.29, 0.717) is 29.9 Å². The molecule has 0 bridgehead atoms. The number of quaternary nitrogens is 1. The predicted molar refractivity (Wildman–Crippen MR) is 118 cm³/mol. The number of piperazine rings is 1. The number of benzene rings is 2. The van der Waals surface area contributed by atoms with Crippen LogP contribution >= 0.6 is 0 Å². The summed E-state index contributed by atoms with van der Waals surface area (Å²) in [6.45, 7) is 8.71. The molecule has 0 saturated carbocycles. The zero-order valence-electron chi connectivity index (χ0n) is 17.7. The quantitative estimate of drug-likeness (QED) is 0.699. The normalized spacial score (nSPS) is 15.1. The van der Waals surface area contributed by atoms with Crippen molar-refractivity contribution in [3.8, 4) is 0 Å². The molecule has 6 nitrogen and oxygen atoms in total. The summed E-state index contributed by atoms with van der Waals surface area (Å²) in [6.07, 6.45) is 1.48. The SMILES string of the molecule is CC(C)c1ccc(C[NH+]2CCN(C(=O)Cn3cnc4ccccc4c3=O)CC2)cc1. The van der Waals surface area contributed by atoms with Gasteiger partial charge in [0.05, 0.1) is 43.4 Å². The molecular formula is C24H29N4O2+. The van der Waals surface area contributed by atoms with E-state index < -0.39 is 0 Å². The van der Waals surface area contributed by atoms with Crippen LogP contribution in [-0.4, -0.2) is 46.5 Å². The summed E-state index contributed by atoms with van der Waals surface area (Å²) < 4.78 is 1.42. The Hall–Kier alpha value is -2.99. The van der Waals surface area contributed by atoms with Crippen LogP contribution in [0.5, 0.6) is 0 Å². The molecule has 0 atom stereocenters. The summed E-state index contributed by atoms with van der Waals surface area (Å²) in [5.41, 5.74) is 3.19. The number of nitrogens with one attached hydrogen (secondary N) is 1. The Morgan fingerprint density at radius 2 is 1.77 bits per heavy atom. The van der Waals surface area contributed by atoms with Gasteiger partial charge in [-0.2, -0.15) is 0 Å². The number of para-hydroxylation sites is 1. The third-order valence-corrected chi connectivity index (χ3v) is 5.96. The van der Waals surface area contributed by atoms with Gasteiger partial charge in [-0.05, 0) is 23.6 Å². The minimum atomic E-state index is -0.164. The molecule has 1 amide bonds. The van der Waals surface area contributed by atoms with E-state index in [0.717, 1.165) is 19.6 Å². The fourth-order valence-electron chi connectivity index (χ4n) is 4.02. The van der Waals surface area contributed by atoms with Crippen LogP contribution in [0.4, 0.5) is 0 Å². The van der Waals surface area contributed by atoms with E-state index in [9.17, 15) is 9.59 Å². The monoisotopic (exact) mass is 405 g/mol. The van der Waals surface area contributed by atoms with Gasteiger partial charge in [0.2, 0.25) is 5.91 Å². The summed E-state index contributed by atoms with van der Waals surface area (Å²) in [4.78, 5) is 33.0. The van der Waals surface area contributed by atoms with E-state index in [1.807, 2.05) is 17.0 Å². The van der Waals surface area contributed by atoms with Crippen LogP contribution in [0.1, 0.15) is 30.9 Å². The van der Waals surface area contributed by atoms with Crippen molar-refractivity contribution < 1.29 is 9.69 Å². The van der Waals surface area contributed by atoms with Gasteiger partial charge in [-0.25, -0.2) is 4.98 Å². The number of amides is 1. The van der Waals surface area contributed by atoms with Crippen molar-refractivity contribution in [3.63, 3.8) is 0 Å². The van der Waals surface area contributed by atoms with Gasteiger partial charge >= 0.3 is 0 Å². The molecule has 0 unspecified atom stereocenters. The minimum Gasteiger partial charge on any atom is -0.330 e. The molecule has 156 valence electrons. The highest BCUT2D eigenvalue weighted by molar-refractivity contribution is 5.79. The molecule has 1 aliphatic heterocycles. The number of carbonyl (C=O) groups is 1. The van der Waals surface area contributed by atoms with Gasteiger partial charge in [-0.15, -0.1) is 0 Å². The van der Waals surface area contributed by atoms with Gasteiger partial charge in [0.25, 0.3) is 5.56 Å². The molecule has 1 aliphatic rings. The first-order valence-electron chi connectivity index (χ1n) is 10.7. The molecule has 4 rings (SSSR count). The predicted octanol–water partition coefficient (Wildman–Crippen LogP) is 1.45. The lowest BCUT2D eigenvalue weighted by molar-refractivity contribution is -0.917. The van der Waals surface area contributed by atoms with E-state index in [1.165, 1.54) is 26.9 Å². The van der Waals surface area contributed by atoms with Crippen LogP contribution < -0.4 is 10.5 Å². The van der Waals surface area contributed by atoms with E-state index in [-0.39, 0.29) is 18.0 Å². The number of nitrogens with zero attached hydrogens (tertiary/aromatic N) is 3. The molecule has 2 aromatic carbocycles. The van der Waals surface area contributed by atoms with E-state index in [2.05, 4.69) is 43.1 Å². The minimum absolute atomic E-state index is 0.0190. The number of fused-ring (bicyclic) bond motifs is 1. The van der Waals surface area contributed by atoms with Gasteiger partial charge in [0.1, 0.15) is 13.1 Å². The number of hydrogen-bond donors (Lipinski definition) is 1. The zero-order valence-corrected chi connectivity index (χ0v) is 17.7. The number of aromatic nitrogens is 2. The van der Waals surface area contributed by atoms with Crippen LogP contribution in [0, 0.1) is 0 Å². The summed E-state index contributed by atoms with van der Waals surface area (Å²) >= 11 is 0. The molecule has 3 aromatic rings. The van der Waals surface area contributed by atoms with E-state index in [1.54, 1.807) is 12.1 Å². The van der Waals surface area contributed by atoms with Gasteiger partial charge in [0.15, 0.2) is 0 Å². The lowest BCUT2D eigenvalue weighted by atomic mass is 10.0.